The fourth-order valence-electron chi connectivity index (χ4n) is 2.87. The molecule has 160 valence electrons. The predicted octanol–water partition coefficient (Wildman–Crippen LogP) is 1.96. The Labute approximate surface area is 179 Å². The minimum atomic E-state index is -3.70. The molecule has 3 aromatic rings. The Morgan fingerprint density at radius 2 is 1.97 bits per heavy atom. The number of rotatable bonds is 9. The standard InChI is InChI=1S/C19H23N5O4S2/c1-3-24-18(16-9-11-28-13(16)2)22-23-19(24)29-12-17(25)21-10-8-14-4-6-15(7-5-14)30(20,26)27/h4-7,9,11H,3,8,10,12H2,1-2H3,(H,21,25)(H2,20,26,27). The molecule has 1 aromatic carbocycles. The second-order valence-corrected chi connectivity index (χ2v) is 9.02. The summed E-state index contributed by atoms with van der Waals surface area (Å²) in [5.74, 6) is 1.58. The molecule has 0 aliphatic carbocycles. The number of carbonyl (C=O) groups is 1. The first kappa shape index (κ1) is 22.1. The topological polar surface area (TPSA) is 133 Å². The van der Waals surface area contributed by atoms with E-state index in [4.69, 9.17) is 9.56 Å². The SMILES string of the molecule is CCn1c(SCC(=O)NCCc2ccc(S(N)(=O)=O)cc2)nnc1-c1ccoc1C. The van der Waals surface area contributed by atoms with Crippen LogP contribution in [0.5, 0.6) is 0 Å². The van der Waals surface area contributed by atoms with Gasteiger partial charge in [-0.05, 0) is 44.0 Å². The number of hydrogen-bond acceptors (Lipinski definition) is 7. The molecule has 1 amide bonds. The number of carbonyl (C=O) groups excluding carboxylic acids is 1. The summed E-state index contributed by atoms with van der Waals surface area (Å²) >= 11 is 1.32. The lowest BCUT2D eigenvalue weighted by molar-refractivity contribution is -0.118. The number of furan rings is 1. The van der Waals surface area contributed by atoms with Crippen LogP contribution in [0.3, 0.4) is 0 Å². The van der Waals surface area contributed by atoms with Crippen molar-refractivity contribution in [2.45, 2.75) is 36.9 Å². The van der Waals surface area contributed by atoms with Crippen LogP contribution in [-0.2, 0) is 27.8 Å². The van der Waals surface area contributed by atoms with Crippen molar-refractivity contribution in [3.8, 4) is 11.4 Å². The van der Waals surface area contributed by atoms with Crippen LogP contribution in [0, 0.1) is 6.92 Å². The maximum atomic E-state index is 12.2. The molecule has 3 N–H and O–H groups in total. The van der Waals surface area contributed by atoms with Gasteiger partial charge in [0.05, 0.1) is 22.5 Å². The average molecular weight is 450 g/mol. The zero-order valence-electron chi connectivity index (χ0n) is 16.7. The molecule has 0 saturated carbocycles. The van der Waals surface area contributed by atoms with Gasteiger partial charge in [-0.25, -0.2) is 13.6 Å². The Morgan fingerprint density at radius 1 is 1.23 bits per heavy atom. The van der Waals surface area contributed by atoms with Crippen molar-refractivity contribution in [1.82, 2.24) is 20.1 Å². The van der Waals surface area contributed by atoms with Crippen LogP contribution in [0.15, 0.2) is 51.1 Å². The second kappa shape index (κ2) is 9.45. The van der Waals surface area contributed by atoms with Gasteiger partial charge in [-0.1, -0.05) is 23.9 Å². The van der Waals surface area contributed by atoms with Crippen molar-refractivity contribution in [2.24, 2.45) is 5.14 Å². The summed E-state index contributed by atoms with van der Waals surface area (Å²) in [5, 5.41) is 17.1. The number of amides is 1. The Morgan fingerprint density at radius 3 is 2.57 bits per heavy atom. The number of benzene rings is 1. The third-order valence-corrected chi connectivity index (χ3v) is 6.35. The van der Waals surface area contributed by atoms with Gasteiger partial charge in [0.15, 0.2) is 11.0 Å². The number of aryl methyl sites for hydroxylation is 1. The van der Waals surface area contributed by atoms with E-state index in [9.17, 15) is 13.2 Å². The van der Waals surface area contributed by atoms with Crippen LogP contribution in [-0.4, -0.2) is 41.4 Å². The van der Waals surface area contributed by atoms with E-state index in [0.717, 1.165) is 22.7 Å². The highest BCUT2D eigenvalue weighted by Gasteiger charge is 2.17. The lowest BCUT2D eigenvalue weighted by Crippen LogP contribution is -2.27. The lowest BCUT2D eigenvalue weighted by Gasteiger charge is -2.08. The summed E-state index contributed by atoms with van der Waals surface area (Å²) in [7, 11) is -3.70. The first-order chi connectivity index (χ1) is 14.3. The first-order valence-electron chi connectivity index (χ1n) is 9.28. The Bertz CT molecular complexity index is 1120. The van der Waals surface area contributed by atoms with Crippen LogP contribution >= 0.6 is 11.8 Å². The molecule has 2 heterocycles. The van der Waals surface area contributed by atoms with Crippen molar-refractivity contribution in [2.75, 3.05) is 12.3 Å². The molecule has 0 aliphatic heterocycles. The van der Waals surface area contributed by atoms with Crippen molar-refractivity contribution in [3.63, 3.8) is 0 Å². The fraction of sp³-hybridized carbons (Fsp3) is 0.316. The number of nitrogens with two attached hydrogens (primary N) is 1. The zero-order chi connectivity index (χ0) is 21.7. The van der Waals surface area contributed by atoms with E-state index in [1.165, 1.54) is 23.9 Å². The van der Waals surface area contributed by atoms with E-state index in [0.29, 0.717) is 24.7 Å². The molecule has 9 nitrogen and oxygen atoms in total. The van der Waals surface area contributed by atoms with E-state index in [2.05, 4.69) is 15.5 Å². The highest BCUT2D eigenvalue weighted by atomic mass is 32.2. The number of nitrogens with zero attached hydrogens (tertiary/aromatic N) is 3. The van der Waals surface area contributed by atoms with Crippen molar-refractivity contribution in [1.29, 1.82) is 0 Å². The van der Waals surface area contributed by atoms with Gasteiger partial charge in [-0.2, -0.15) is 0 Å². The molecule has 30 heavy (non-hydrogen) atoms. The van der Waals surface area contributed by atoms with Gasteiger partial charge in [0, 0.05) is 13.1 Å². The van der Waals surface area contributed by atoms with Crippen LogP contribution < -0.4 is 10.5 Å². The Balaban J connectivity index is 1.50. The highest BCUT2D eigenvalue weighted by Crippen LogP contribution is 2.26. The van der Waals surface area contributed by atoms with E-state index < -0.39 is 10.0 Å². The number of sulfonamides is 1. The molecule has 0 bridgehead atoms. The summed E-state index contributed by atoms with van der Waals surface area (Å²) < 4.78 is 29.8. The predicted molar refractivity (Wildman–Crippen MR) is 113 cm³/mol. The quantitative estimate of drug-likeness (QED) is 0.477. The minimum absolute atomic E-state index is 0.0664. The first-order valence-corrected chi connectivity index (χ1v) is 11.8. The number of nitrogens with one attached hydrogen (secondary N) is 1. The molecule has 0 aliphatic rings. The van der Waals surface area contributed by atoms with Gasteiger partial charge in [0.25, 0.3) is 0 Å². The molecule has 0 fully saturated rings. The van der Waals surface area contributed by atoms with Gasteiger partial charge in [0.1, 0.15) is 5.76 Å². The van der Waals surface area contributed by atoms with Gasteiger partial charge in [-0.3, -0.25) is 4.79 Å². The van der Waals surface area contributed by atoms with E-state index in [1.807, 2.05) is 24.5 Å². The summed E-state index contributed by atoms with van der Waals surface area (Å²) in [6.45, 7) is 4.97. The van der Waals surface area contributed by atoms with Crippen molar-refractivity contribution < 1.29 is 17.6 Å². The third-order valence-electron chi connectivity index (χ3n) is 4.45. The number of thioether (sulfide) groups is 1. The van der Waals surface area contributed by atoms with Crippen LogP contribution in [0.2, 0.25) is 0 Å². The molecule has 0 unspecified atom stereocenters. The third kappa shape index (κ3) is 5.29. The van der Waals surface area contributed by atoms with E-state index in [1.54, 1.807) is 18.4 Å². The smallest absolute Gasteiger partial charge is 0.238 e. The molecule has 0 radical (unpaired) electrons. The lowest BCUT2D eigenvalue weighted by atomic mass is 10.1. The molecular weight excluding hydrogens is 426 g/mol. The molecule has 0 atom stereocenters. The number of aromatic nitrogens is 3. The summed E-state index contributed by atoms with van der Waals surface area (Å²) in [5.41, 5.74) is 1.79. The second-order valence-electron chi connectivity index (χ2n) is 6.52. The van der Waals surface area contributed by atoms with Crippen molar-refractivity contribution in [3.05, 3.63) is 47.9 Å². The van der Waals surface area contributed by atoms with Crippen LogP contribution in [0.4, 0.5) is 0 Å². The van der Waals surface area contributed by atoms with Gasteiger partial charge in [-0.15, -0.1) is 10.2 Å². The molecule has 11 heteroatoms. The minimum Gasteiger partial charge on any atom is -0.469 e. The molecule has 0 spiro atoms. The molecule has 2 aromatic heterocycles. The fourth-order valence-corrected chi connectivity index (χ4v) is 4.22. The summed E-state index contributed by atoms with van der Waals surface area (Å²) in [6.07, 6.45) is 2.19. The van der Waals surface area contributed by atoms with Crippen molar-refractivity contribution >= 4 is 27.7 Å². The van der Waals surface area contributed by atoms with Gasteiger partial charge in [0.2, 0.25) is 15.9 Å². The molecule has 3 rings (SSSR count). The van der Waals surface area contributed by atoms with Gasteiger partial charge >= 0.3 is 0 Å². The normalized spacial score (nSPS) is 11.6. The largest absolute Gasteiger partial charge is 0.469 e. The van der Waals surface area contributed by atoms with E-state index >= 15 is 0 Å². The van der Waals surface area contributed by atoms with Crippen LogP contribution in [0.1, 0.15) is 18.2 Å². The maximum absolute atomic E-state index is 12.2. The molecular formula is C19H23N5O4S2. The number of hydrogen-bond donors (Lipinski definition) is 2. The van der Waals surface area contributed by atoms with Crippen LogP contribution in [0.25, 0.3) is 11.4 Å². The monoisotopic (exact) mass is 449 g/mol. The summed E-state index contributed by atoms with van der Waals surface area (Å²) in [4.78, 5) is 12.2. The Hall–Kier alpha value is -2.63. The molecule has 0 saturated heterocycles. The van der Waals surface area contributed by atoms with E-state index in [-0.39, 0.29) is 16.6 Å². The summed E-state index contributed by atoms with van der Waals surface area (Å²) in [6, 6.07) is 8.13. The highest BCUT2D eigenvalue weighted by molar-refractivity contribution is 7.99. The maximum Gasteiger partial charge on any atom is 0.238 e. The average Bonchev–Trinajstić information content (AvgIpc) is 3.31. The Kier molecular flexibility index (Phi) is 6.95. The van der Waals surface area contributed by atoms with Gasteiger partial charge < -0.3 is 14.3 Å². The number of primary sulfonamides is 1. The zero-order valence-corrected chi connectivity index (χ0v) is 18.3.